The van der Waals surface area contributed by atoms with E-state index in [-0.39, 0.29) is 5.75 Å². The number of benzene rings is 1. The maximum atomic E-state index is 13.1. The lowest BCUT2D eigenvalue weighted by atomic mass is 10.1. The van der Waals surface area contributed by atoms with E-state index in [1.165, 1.54) is 12.8 Å². The molecule has 0 atom stereocenters. The van der Waals surface area contributed by atoms with Gasteiger partial charge in [0.15, 0.2) is 5.82 Å². The third-order valence-corrected chi connectivity index (χ3v) is 7.99. The van der Waals surface area contributed by atoms with Crippen molar-refractivity contribution in [2.75, 3.05) is 6.54 Å². The zero-order chi connectivity index (χ0) is 20.9. The summed E-state index contributed by atoms with van der Waals surface area (Å²) in [6, 6.07) is 9.37. The average molecular weight is 426 g/mol. The quantitative estimate of drug-likeness (QED) is 0.609. The van der Waals surface area contributed by atoms with Crippen molar-refractivity contribution in [3.05, 3.63) is 59.0 Å². The molecule has 1 aliphatic heterocycles. The molecule has 0 radical (unpaired) electrons. The van der Waals surface area contributed by atoms with Crippen LogP contribution >= 0.6 is 0 Å². The van der Waals surface area contributed by atoms with Crippen LogP contribution in [-0.4, -0.2) is 38.6 Å². The molecule has 1 aliphatic carbocycles. The molecule has 5 rings (SSSR count). The molecule has 3 aromatic rings. The molecule has 3 heterocycles. The lowest BCUT2D eigenvalue weighted by Crippen LogP contribution is -2.37. The Labute approximate surface area is 177 Å². The average Bonchev–Trinajstić information content (AvgIpc) is 3.40. The number of aryl methyl sites for hydroxylation is 2. The monoisotopic (exact) mass is 425 g/mol. The van der Waals surface area contributed by atoms with E-state index in [9.17, 15) is 8.42 Å². The predicted octanol–water partition coefficient (Wildman–Crippen LogP) is 2.89. The second kappa shape index (κ2) is 7.35. The fourth-order valence-electron chi connectivity index (χ4n) is 4.30. The number of nitrogens with zero attached hydrogens (tertiary/aromatic N) is 5. The number of aromatic nitrogens is 4. The SMILES string of the molecule is Cc1cnc(-c2nn(C)c3c2CN(S(=O)(=O)Cc2ccccc2)CC3)n1CC1CC1. The molecule has 0 amide bonds. The molecule has 1 aromatic carbocycles. The number of sulfonamides is 1. The van der Waals surface area contributed by atoms with Gasteiger partial charge in [-0.3, -0.25) is 4.68 Å². The van der Waals surface area contributed by atoms with Crippen molar-refractivity contribution in [1.29, 1.82) is 0 Å². The standard InChI is InChI=1S/C22H27N5O2S/c1-16-12-23-22(27(16)13-17-8-9-17)21-19-14-26(11-10-20(19)25(2)24-21)30(28,29)15-18-6-4-3-5-7-18/h3-7,12,17H,8-11,13-15H2,1-2H3. The Morgan fingerprint density at radius 1 is 1.17 bits per heavy atom. The summed E-state index contributed by atoms with van der Waals surface area (Å²) in [6.07, 6.45) is 5.09. The van der Waals surface area contributed by atoms with E-state index >= 15 is 0 Å². The molecule has 1 saturated carbocycles. The van der Waals surface area contributed by atoms with Crippen LogP contribution in [0.5, 0.6) is 0 Å². The van der Waals surface area contributed by atoms with Crippen LogP contribution in [-0.2, 0) is 42.3 Å². The van der Waals surface area contributed by atoms with Gasteiger partial charge in [-0.25, -0.2) is 13.4 Å². The maximum absolute atomic E-state index is 13.1. The number of rotatable bonds is 6. The molecule has 0 saturated heterocycles. The van der Waals surface area contributed by atoms with Gasteiger partial charge in [0.1, 0.15) is 5.69 Å². The summed E-state index contributed by atoms with van der Waals surface area (Å²) in [5.74, 6) is 1.60. The molecular formula is C22H27N5O2S. The van der Waals surface area contributed by atoms with Crippen LogP contribution in [0, 0.1) is 12.8 Å². The van der Waals surface area contributed by atoms with E-state index in [4.69, 9.17) is 5.10 Å². The van der Waals surface area contributed by atoms with Gasteiger partial charge in [0, 0.05) is 56.3 Å². The van der Waals surface area contributed by atoms with Gasteiger partial charge in [0.05, 0.1) is 5.75 Å². The highest BCUT2D eigenvalue weighted by Gasteiger charge is 2.33. The van der Waals surface area contributed by atoms with Gasteiger partial charge in [0.25, 0.3) is 0 Å². The normalized spacial score (nSPS) is 17.3. The predicted molar refractivity (Wildman–Crippen MR) is 115 cm³/mol. The highest BCUT2D eigenvalue weighted by Crippen LogP contribution is 2.35. The van der Waals surface area contributed by atoms with Gasteiger partial charge >= 0.3 is 0 Å². The lowest BCUT2D eigenvalue weighted by Gasteiger charge is -2.27. The van der Waals surface area contributed by atoms with Crippen molar-refractivity contribution in [1.82, 2.24) is 23.6 Å². The fourth-order valence-corrected chi connectivity index (χ4v) is 5.79. The molecular weight excluding hydrogens is 398 g/mol. The van der Waals surface area contributed by atoms with Crippen molar-refractivity contribution in [2.45, 2.75) is 45.0 Å². The van der Waals surface area contributed by atoms with Gasteiger partial charge < -0.3 is 4.57 Å². The Bertz CT molecular complexity index is 1180. The Hall–Kier alpha value is -2.45. The molecule has 7 nitrogen and oxygen atoms in total. The van der Waals surface area contributed by atoms with Crippen LogP contribution in [0.3, 0.4) is 0 Å². The van der Waals surface area contributed by atoms with Crippen LogP contribution in [0.15, 0.2) is 36.5 Å². The molecule has 8 heteroatoms. The van der Waals surface area contributed by atoms with Crippen molar-refractivity contribution in [3.63, 3.8) is 0 Å². The summed E-state index contributed by atoms with van der Waals surface area (Å²) >= 11 is 0. The minimum atomic E-state index is -3.41. The van der Waals surface area contributed by atoms with Gasteiger partial charge in [-0.05, 0) is 31.2 Å². The van der Waals surface area contributed by atoms with E-state index in [1.807, 2.05) is 48.3 Å². The van der Waals surface area contributed by atoms with Crippen LogP contribution in [0.25, 0.3) is 11.5 Å². The zero-order valence-corrected chi connectivity index (χ0v) is 18.3. The van der Waals surface area contributed by atoms with E-state index in [2.05, 4.69) is 16.5 Å². The van der Waals surface area contributed by atoms with Crippen LogP contribution in [0.4, 0.5) is 0 Å². The van der Waals surface area contributed by atoms with Crippen molar-refractivity contribution >= 4 is 10.0 Å². The summed E-state index contributed by atoms with van der Waals surface area (Å²) in [7, 11) is -1.47. The second-order valence-corrected chi connectivity index (χ2v) is 10.5. The number of hydrogen-bond acceptors (Lipinski definition) is 4. The van der Waals surface area contributed by atoms with Crippen molar-refractivity contribution in [3.8, 4) is 11.5 Å². The Kier molecular flexibility index (Phi) is 4.78. The summed E-state index contributed by atoms with van der Waals surface area (Å²) in [6.45, 7) is 3.87. The molecule has 1 fully saturated rings. The highest BCUT2D eigenvalue weighted by atomic mass is 32.2. The Morgan fingerprint density at radius 3 is 2.67 bits per heavy atom. The second-order valence-electron chi connectivity index (χ2n) is 8.50. The first kappa shape index (κ1) is 19.5. The van der Waals surface area contributed by atoms with Crippen molar-refractivity contribution < 1.29 is 8.42 Å². The molecule has 0 unspecified atom stereocenters. The Morgan fingerprint density at radius 2 is 1.93 bits per heavy atom. The van der Waals surface area contributed by atoms with Crippen LogP contribution in [0.2, 0.25) is 0 Å². The smallest absolute Gasteiger partial charge is 0.218 e. The molecule has 0 bridgehead atoms. The van der Waals surface area contributed by atoms with Gasteiger partial charge in [-0.15, -0.1) is 0 Å². The number of imidazole rings is 1. The summed E-state index contributed by atoms with van der Waals surface area (Å²) in [4.78, 5) is 4.66. The third kappa shape index (κ3) is 3.58. The Balaban J connectivity index is 1.47. The lowest BCUT2D eigenvalue weighted by molar-refractivity contribution is 0.385. The highest BCUT2D eigenvalue weighted by molar-refractivity contribution is 7.88. The van der Waals surface area contributed by atoms with E-state index in [0.717, 1.165) is 46.5 Å². The summed E-state index contributed by atoms with van der Waals surface area (Å²) in [5, 5.41) is 4.78. The molecule has 158 valence electrons. The minimum Gasteiger partial charge on any atom is -0.327 e. The number of hydrogen-bond donors (Lipinski definition) is 0. The third-order valence-electron chi connectivity index (χ3n) is 6.20. The first-order chi connectivity index (χ1) is 14.4. The maximum Gasteiger partial charge on any atom is 0.218 e. The summed E-state index contributed by atoms with van der Waals surface area (Å²) < 4.78 is 32.0. The van der Waals surface area contributed by atoms with E-state index in [1.54, 1.807) is 4.31 Å². The molecule has 2 aliphatic rings. The molecule has 0 spiro atoms. The molecule has 0 N–H and O–H groups in total. The van der Waals surface area contributed by atoms with E-state index < -0.39 is 10.0 Å². The first-order valence-electron chi connectivity index (χ1n) is 10.5. The summed E-state index contributed by atoms with van der Waals surface area (Å²) in [5.41, 5.74) is 4.85. The zero-order valence-electron chi connectivity index (χ0n) is 17.5. The van der Waals surface area contributed by atoms with Crippen molar-refractivity contribution in [2.24, 2.45) is 13.0 Å². The number of fused-ring (bicyclic) bond motifs is 1. The first-order valence-corrected chi connectivity index (χ1v) is 12.1. The molecule has 30 heavy (non-hydrogen) atoms. The fraction of sp³-hybridized carbons (Fsp3) is 0.455. The largest absolute Gasteiger partial charge is 0.327 e. The molecule has 2 aromatic heterocycles. The van der Waals surface area contributed by atoms with E-state index in [0.29, 0.717) is 19.5 Å². The van der Waals surface area contributed by atoms with Crippen LogP contribution in [0.1, 0.15) is 35.4 Å². The van der Waals surface area contributed by atoms with Gasteiger partial charge in [-0.1, -0.05) is 30.3 Å². The van der Waals surface area contributed by atoms with Gasteiger partial charge in [0.2, 0.25) is 10.0 Å². The minimum absolute atomic E-state index is 0.0220. The van der Waals surface area contributed by atoms with Crippen LogP contribution < -0.4 is 0 Å². The van der Waals surface area contributed by atoms with Gasteiger partial charge in [-0.2, -0.15) is 9.40 Å². The topological polar surface area (TPSA) is 73.0 Å².